The standard InChI is InChI=1S/C13H27BO4/c1-4-6-7-8-9-10-12(11(3)14(16)17)13(15)18-5-2/h11-12,16-17H,4-10H2,1-3H3. The van der Waals surface area contributed by atoms with Gasteiger partial charge in [0.2, 0.25) is 0 Å². The molecule has 0 rings (SSSR count). The molecule has 0 saturated heterocycles. The van der Waals surface area contributed by atoms with Crippen LogP contribution in [0.25, 0.3) is 0 Å². The van der Waals surface area contributed by atoms with E-state index in [0.717, 1.165) is 12.8 Å². The molecule has 0 saturated carbocycles. The van der Waals surface area contributed by atoms with E-state index in [1.54, 1.807) is 13.8 Å². The molecule has 2 atom stereocenters. The minimum absolute atomic E-state index is 0.311. The maximum atomic E-state index is 11.8. The predicted molar refractivity (Wildman–Crippen MR) is 73.1 cm³/mol. The molecule has 0 heterocycles. The van der Waals surface area contributed by atoms with Crippen LogP contribution in [0.2, 0.25) is 5.82 Å². The molecule has 0 aliphatic rings. The van der Waals surface area contributed by atoms with Crippen molar-refractivity contribution in [2.24, 2.45) is 5.92 Å². The number of hydrogen-bond acceptors (Lipinski definition) is 4. The van der Waals surface area contributed by atoms with Crippen molar-refractivity contribution in [1.82, 2.24) is 0 Å². The lowest BCUT2D eigenvalue weighted by Gasteiger charge is -2.21. The van der Waals surface area contributed by atoms with Crippen LogP contribution in [-0.4, -0.2) is 29.7 Å². The third-order valence-electron chi connectivity index (χ3n) is 3.31. The average Bonchev–Trinajstić information content (AvgIpc) is 2.33. The number of unbranched alkanes of at least 4 members (excludes halogenated alkanes) is 4. The number of carbonyl (C=O) groups excluding carboxylic acids is 1. The van der Waals surface area contributed by atoms with E-state index in [1.807, 2.05) is 0 Å². The second-order valence-electron chi connectivity index (χ2n) is 4.83. The number of rotatable bonds is 10. The zero-order valence-electron chi connectivity index (χ0n) is 11.9. The molecule has 0 bridgehead atoms. The van der Waals surface area contributed by atoms with E-state index in [4.69, 9.17) is 4.74 Å². The van der Waals surface area contributed by atoms with Crippen LogP contribution in [0.5, 0.6) is 0 Å². The topological polar surface area (TPSA) is 66.8 Å². The van der Waals surface area contributed by atoms with Gasteiger partial charge in [-0.3, -0.25) is 4.79 Å². The molecule has 0 amide bonds. The Bertz CT molecular complexity index is 221. The lowest BCUT2D eigenvalue weighted by molar-refractivity contribution is -0.148. The monoisotopic (exact) mass is 258 g/mol. The van der Waals surface area contributed by atoms with Gasteiger partial charge in [0.25, 0.3) is 0 Å². The zero-order chi connectivity index (χ0) is 14.0. The van der Waals surface area contributed by atoms with Crippen LogP contribution < -0.4 is 0 Å². The van der Waals surface area contributed by atoms with Gasteiger partial charge in [0, 0.05) is 5.82 Å². The van der Waals surface area contributed by atoms with Crippen LogP contribution >= 0.6 is 0 Å². The van der Waals surface area contributed by atoms with E-state index in [2.05, 4.69) is 6.92 Å². The quantitative estimate of drug-likeness (QED) is 0.358. The second-order valence-corrected chi connectivity index (χ2v) is 4.83. The van der Waals surface area contributed by atoms with E-state index < -0.39 is 18.9 Å². The van der Waals surface area contributed by atoms with Crippen LogP contribution in [0.1, 0.15) is 59.3 Å². The second kappa shape index (κ2) is 10.4. The Morgan fingerprint density at radius 3 is 2.28 bits per heavy atom. The number of carbonyl (C=O) groups is 1. The fourth-order valence-corrected chi connectivity index (χ4v) is 2.02. The number of ether oxygens (including phenoxy) is 1. The van der Waals surface area contributed by atoms with Gasteiger partial charge in [-0.05, 0) is 13.3 Å². The first kappa shape index (κ1) is 17.5. The van der Waals surface area contributed by atoms with Crippen LogP contribution in [0.15, 0.2) is 0 Å². The maximum Gasteiger partial charge on any atom is 0.455 e. The van der Waals surface area contributed by atoms with Crippen molar-refractivity contribution in [3.63, 3.8) is 0 Å². The summed E-state index contributed by atoms with van der Waals surface area (Å²) in [5, 5.41) is 18.4. The molecule has 5 heteroatoms. The first-order chi connectivity index (χ1) is 8.54. The predicted octanol–water partition coefficient (Wildman–Crippen LogP) is 2.39. The summed E-state index contributed by atoms with van der Waals surface area (Å²) in [7, 11) is -1.46. The SMILES string of the molecule is CCCCCCCC(C(=O)OCC)C(C)B(O)O. The first-order valence-electron chi connectivity index (χ1n) is 7.07. The highest BCUT2D eigenvalue weighted by molar-refractivity contribution is 6.43. The fraction of sp³-hybridized carbons (Fsp3) is 0.923. The zero-order valence-corrected chi connectivity index (χ0v) is 11.9. The van der Waals surface area contributed by atoms with Gasteiger partial charge in [0.05, 0.1) is 12.5 Å². The molecule has 0 aromatic heterocycles. The van der Waals surface area contributed by atoms with E-state index in [-0.39, 0.29) is 5.97 Å². The van der Waals surface area contributed by atoms with Gasteiger partial charge in [-0.15, -0.1) is 0 Å². The van der Waals surface area contributed by atoms with Gasteiger partial charge in [-0.1, -0.05) is 46.0 Å². The molecular formula is C13H27BO4. The van der Waals surface area contributed by atoms with Crippen LogP contribution in [0.3, 0.4) is 0 Å². The number of esters is 1. The van der Waals surface area contributed by atoms with Crippen molar-refractivity contribution in [2.75, 3.05) is 6.61 Å². The Morgan fingerprint density at radius 1 is 1.17 bits per heavy atom. The third kappa shape index (κ3) is 7.02. The largest absolute Gasteiger partial charge is 0.466 e. The Morgan fingerprint density at radius 2 is 1.78 bits per heavy atom. The summed E-state index contributed by atoms with van der Waals surface area (Å²) in [6.07, 6.45) is 6.25. The first-order valence-corrected chi connectivity index (χ1v) is 7.07. The van der Waals surface area contributed by atoms with Crippen LogP contribution in [-0.2, 0) is 9.53 Å². The van der Waals surface area contributed by atoms with Crippen LogP contribution in [0.4, 0.5) is 0 Å². The highest BCUT2D eigenvalue weighted by atomic mass is 16.5. The summed E-state index contributed by atoms with van der Waals surface area (Å²) in [5.74, 6) is -1.20. The summed E-state index contributed by atoms with van der Waals surface area (Å²) in [5.41, 5.74) is 0. The van der Waals surface area contributed by atoms with Gasteiger partial charge >= 0.3 is 13.1 Å². The summed E-state index contributed by atoms with van der Waals surface area (Å²) >= 11 is 0. The van der Waals surface area contributed by atoms with Crippen LogP contribution in [0, 0.1) is 5.92 Å². The summed E-state index contributed by atoms with van der Waals surface area (Å²) in [6, 6.07) is 0. The summed E-state index contributed by atoms with van der Waals surface area (Å²) < 4.78 is 4.99. The molecule has 0 fully saturated rings. The Kier molecular flexibility index (Phi) is 10.1. The highest BCUT2D eigenvalue weighted by Gasteiger charge is 2.33. The van der Waals surface area contributed by atoms with Crippen molar-refractivity contribution >= 4 is 13.1 Å². The van der Waals surface area contributed by atoms with Crippen molar-refractivity contribution in [3.8, 4) is 0 Å². The van der Waals surface area contributed by atoms with Gasteiger partial charge in [-0.2, -0.15) is 0 Å². The lowest BCUT2D eigenvalue weighted by atomic mass is 9.65. The molecule has 0 aromatic rings. The number of hydrogen-bond donors (Lipinski definition) is 2. The molecular weight excluding hydrogens is 231 g/mol. The van der Waals surface area contributed by atoms with Crippen molar-refractivity contribution < 1.29 is 19.6 Å². The van der Waals surface area contributed by atoms with E-state index in [0.29, 0.717) is 13.0 Å². The van der Waals surface area contributed by atoms with Gasteiger partial charge in [-0.25, -0.2) is 0 Å². The normalized spacial score (nSPS) is 14.1. The van der Waals surface area contributed by atoms with Crippen molar-refractivity contribution in [2.45, 2.75) is 65.1 Å². The molecule has 0 spiro atoms. The van der Waals surface area contributed by atoms with E-state index in [1.165, 1.54) is 19.3 Å². The molecule has 106 valence electrons. The minimum atomic E-state index is -1.46. The third-order valence-corrected chi connectivity index (χ3v) is 3.31. The smallest absolute Gasteiger partial charge is 0.455 e. The molecule has 0 aliphatic carbocycles. The van der Waals surface area contributed by atoms with Crippen molar-refractivity contribution in [3.05, 3.63) is 0 Å². The lowest BCUT2D eigenvalue weighted by Crippen LogP contribution is -2.31. The molecule has 0 aromatic carbocycles. The summed E-state index contributed by atoms with van der Waals surface area (Å²) in [4.78, 5) is 11.8. The highest BCUT2D eigenvalue weighted by Crippen LogP contribution is 2.26. The van der Waals surface area contributed by atoms with E-state index in [9.17, 15) is 14.8 Å². The molecule has 0 radical (unpaired) electrons. The van der Waals surface area contributed by atoms with Gasteiger partial charge in [0.1, 0.15) is 0 Å². The van der Waals surface area contributed by atoms with Gasteiger partial charge in [0.15, 0.2) is 0 Å². The molecule has 4 nitrogen and oxygen atoms in total. The van der Waals surface area contributed by atoms with Gasteiger partial charge < -0.3 is 14.8 Å². The molecule has 2 N–H and O–H groups in total. The maximum absolute atomic E-state index is 11.8. The molecule has 0 aliphatic heterocycles. The molecule has 2 unspecified atom stereocenters. The summed E-state index contributed by atoms with van der Waals surface area (Å²) in [6.45, 7) is 5.93. The Hall–Kier alpha value is -0.545. The molecule has 18 heavy (non-hydrogen) atoms. The van der Waals surface area contributed by atoms with Crippen molar-refractivity contribution in [1.29, 1.82) is 0 Å². The average molecular weight is 258 g/mol. The Labute approximate surface area is 111 Å². The minimum Gasteiger partial charge on any atom is -0.466 e. The fourth-order valence-electron chi connectivity index (χ4n) is 2.02. The Balaban J connectivity index is 4.17. The van der Waals surface area contributed by atoms with E-state index >= 15 is 0 Å².